The largest absolute Gasteiger partial charge is 0.322 e. The van der Waals surface area contributed by atoms with Gasteiger partial charge >= 0.3 is 0 Å². The maximum absolute atomic E-state index is 13.5. The first-order chi connectivity index (χ1) is 14.6. The van der Waals surface area contributed by atoms with Crippen LogP contribution in [0.15, 0.2) is 60.7 Å². The van der Waals surface area contributed by atoms with Gasteiger partial charge in [0.2, 0.25) is 10.0 Å². The third-order valence-corrected chi connectivity index (χ3v) is 9.39. The number of carbonyl (C=O) groups excluding carboxylic acids is 1. The monoisotopic (exact) mass is 440 g/mol. The highest BCUT2D eigenvalue weighted by molar-refractivity contribution is 7.89. The number of sulfonamides is 1. The number of nitrogens with one attached hydrogen (secondary N) is 1. The summed E-state index contributed by atoms with van der Waals surface area (Å²) in [5, 5.41) is 0. The van der Waals surface area contributed by atoms with Gasteiger partial charge in [0.1, 0.15) is 5.78 Å². The number of fused-ring (bicyclic) bond motifs is 2. The lowest BCUT2D eigenvalue weighted by Gasteiger charge is -2.47. The van der Waals surface area contributed by atoms with Gasteiger partial charge in [-0.25, -0.2) is 13.1 Å². The number of carbonyl (C=O) groups is 1. The summed E-state index contributed by atoms with van der Waals surface area (Å²) in [6.07, 6.45) is 2.61. The van der Waals surface area contributed by atoms with Gasteiger partial charge in [0.25, 0.3) is 0 Å². The third-order valence-electron chi connectivity index (χ3n) is 7.84. The van der Waals surface area contributed by atoms with Crippen molar-refractivity contribution in [2.24, 2.45) is 22.5 Å². The van der Waals surface area contributed by atoms with Gasteiger partial charge in [-0.3, -0.25) is 4.79 Å². The molecular weight excluding hydrogens is 408 g/mol. The van der Waals surface area contributed by atoms with Crippen molar-refractivity contribution < 1.29 is 13.2 Å². The normalized spacial score (nSPS) is 27.1. The van der Waals surface area contributed by atoms with Crippen LogP contribution < -0.4 is 10.5 Å². The van der Waals surface area contributed by atoms with Gasteiger partial charge < -0.3 is 5.73 Å². The fourth-order valence-corrected chi connectivity index (χ4v) is 7.85. The minimum absolute atomic E-state index is 0.0416. The van der Waals surface area contributed by atoms with Crippen LogP contribution in [-0.2, 0) is 14.8 Å². The number of hydrogen-bond acceptors (Lipinski definition) is 4. The van der Waals surface area contributed by atoms with E-state index in [0.29, 0.717) is 12.8 Å². The molecule has 2 aliphatic rings. The fraction of sp³-hybridized carbons (Fsp3) is 0.480. The second-order valence-corrected chi connectivity index (χ2v) is 11.6. The quantitative estimate of drug-likeness (QED) is 0.677. The highest BCUT2D eigenvalue weighted by atomic mass is 32.2. The van der Waals surface area contributed by atoms with Gasteiger partial charge in [0.05, 0.1) is 17.8 Å². The third kappa shape index (κ3) is 4.21. The van der Waals surface area contributed by atoms with Gasteiger partial charge in [-0.15, -0.1) is 0 Å². The number of benzene rings is 2. The van der Waals surface area contributed by atoms with Gasteiger partial charge in [-0.05, 0) is 40.7 Å². The van der Waals surface area contributed by atoms with Crippen molar-refractivity contribution in [1.29, 1.82) is 0 Å². The summed E-state index contributed by atoms with van der Waals surface area (Å²) < 4.78 is 30.0. The first-order valence-electron chi connectivity index (χ1n) is 11.0. The summed E-state index contributed by atoms with van der Waals surface area (Å²) in [5.74, 6) is 0.415. The zero-order valence-corrected chi connectivity index (χ0v) is 19.1. The van der Waals surface area contributed by atoms with E-state index in [0.717, 1.165) is 24.0 Å². The second-order valence-electron chi connectivity index (χ2n) is 9.86. The molecule has 2 unspecified atom stereocenters. The van der Waals surface area contributed by atoms with Crippen LogP contribution in [0, 0.1) is 16.7 Å². The summed E-state index contributed by atoms with van der Waals surface area (Å²) >= 11 is 0. The van der Waals surface area contributed by atoms with Crippen molar-refractivity contribution in [1.82, 2.24) is 4.72 Å². The van der Waals surface area contributed by atoms with Crippen LogP contribution in [0.5, 0.6) is 0 Å². The van der Waals surface area contributed by atoms with Crippen molar-refractivity contribution in [3.63, 3.8) is 0 Å². The number of nitrogens with two attached hydrogens (primary N) is 1. The summed E-state index contributed by atoms with van der Waals surface area (Å²) in [4.78, 5) is 12.4. The SMILES string of the molecule is CC1(C)C2CCC1(CS(=O)(=O)N[C@H](c1ccccc1)[C@H](N)c1ccccc1)CC(=O)C2. The van der Waals surface area contributed by atoms with Gasteiger partial charge in [-0.1, -0.05) is 74.5 Å². The lowest BCUT2D eigenvalue weighted by atomic mass is 9.59. The Labute approximate surface area is 185 Å². The molecule has 0 aliphatic heterocycles. The van der Waals surface area contributed by atoms with Crippen LogP contribution in [0.25, 0.3) is 0 Å². The average molecular weight is 441 g/mol. The van der Waals surface area contributed by atoms with Crippen molar-refractivity contribution in [3.05, 3.63) is 71.8 Å². The smallest absolute Gasteiger partial charge is 0.212 e. The molecule has 4 atom stereocenters. The molecule has 31 heavy (non-hydrogen) atoms. The summed E-state index contributed by atoms with van der Waals surface area (Å²) in [5.41, 5.74) is 7.57. The summed E-state index contributed by atoms with van der Waals surface area (Å²) in [6, 6.07) is 17.9. The molecule has 3 N–H and O–H groups in total. The molecule has 166 valence electrons. The Kier molecular flexibility index (Phi) is 5.83. The van der Waals surface area contributed by atoms with E-state index in [1.54, 1.807) is 0 Å². The highest BCUT2D eigenvalue weighted by Crippen LogP contribution is 2.62. The van der Waals surface area contributed by atoms with Gasteiger partial charge in [0, 0.05) is 12.8 Å². The fourth-order valence-electron chi connectivity index (χ4n) is 5.75. The molecule has 0 spiro atoms. The first-order valence-corrected chi connectivity index (χ1v) is 12.7. The van der Waals surface area contributed by atoms with Crippen LogP contribution in [-0.4, -0.2) is 20.0 Å². The topological polar surface area (TPSA) is 89.3 Å². The summed E-state index contributed by atoms with van der Waals surface area (Å²) in [6.45, 7) is 4.27. The van der Waals surface area contributed by atoms with Crippen molar-refractivity contribution >= 4 is 15.8 Å². The Bertz CT molecular complexity index is 1040. The molecule has 4 rings (SSSR count). The molecule has 0 radical (unpaired) electrons. The zero-order chi connectivity index (χ0) is 22.3. The standard InChI is InChI=1S/C25H32N2O3S/c1-24(2)20-13-14-25(24,16-21(28)15-20)17-31(29,30)27-23(19-11-7-4-8-12-19)22(26)18-9-5-3-6-10-18/h3-12,20,22-23,27H,13-17,26H2,1-2H3/t20?,22-,23-,25?/m1/s1. The van der Waals surface area contributed by atoms with E-state index in [4.69, 9.17) is 5.73 Å². The van der Waals surface area contributed by atoms with Crippen LogP contribution >= 0.6 is 0 Å². The Morgan fingerprint density at radius 2 is 1.61 bits per heavy atom. The van der Waals surface area contributed by atoms with Gasteiger partial charge in [-0.2, -0.15) is 0 Å². The van der Waals surface area contributed by atoms with Crippen molar-refractivity contribution in [2.75, 3.05) is 5.75 Å². The molecule has 2 fully saturated rings. The predicted octanol–water partition coefficient (Wildman–Crippen LogP) is 4.13. The van der Waals surface area contributed by atoms with E-state index in [9.17, 15) is 13.2 Å². The Morgan fingerprint density at radius 3 is 2.23 bits per heavy atom. The van der Waals surface area contributed by atoms with Crippen LogP contribution in [0.3, 0.4) is 0 Å². The molecule has 6 heteroatoms. The predicted molar refractivity (Wildman–Crippen MR) is 123 cm³/mol. The molecule has 2 aromatic carbocycles. The van der Waals surface area contributed by atoms with Gasteiger partial charge in [0.15, 0.2) is 0 Å². The molecular formula is C25H32N2O3S. The molecule has 2 aromatic rings. The maximum Gasteiger partial charge on any atom is 0.212 e. The molecule has 0 heterocycles. The molecule has 2 bridgehead atoms. The lowest BCUT2D eigenvalue weighted by Crippen LogP contribution is -2.50. The van der Waals surface area contributed by atoms with Crippen molar-refractivity contribution in [2.45, 2.75) is 51.6 Å². The Balaban J connectivity index is 1.64. The minimum Gasteiger partial charge on any atom is -0.322 e. The maximum atomic E-state index is 13.5. The Hall–Kier alpha value is -2.02. The first kappa shape index (κ1) is 22.2. The summed E-state index contributed by atoms with van der Waals surface area (Å²) in [7, 11) is -3.70. The minimum atomic E-state index is -3.70. The number of Topliss-reactive ketones (excluding diaryl/α,β-unsaturated/α-hetero) is 1. The van der Waals surface area contributed by atoms with Crippen LogP contribution in [0.4, 0.5) is 0 Å². The Morgan fingerprint density at radius 1 is 1.03 bits per heavy atom. The van der Waals surface area contributed by atoms with Crippen molar-refractivity contribution in [3.8, 4) is 0 Å². The number of rotatable bonds is 7. The van der Waals surface area contributed by atoms with E-state index in [-0.39, 0.29) is 22.9 Å². The highest BCUT2D eigenvalue weighted by Gasteiger charge is 2.59. The molecule has 0 aromatic heterocycles. The lowest BCUT2D eigenvalue weighted by molar-refractivity contribution is -0.128. The number of ketones is 1. The van der Waals surface area contributed by atoms with E-state index in [2.05, 4.69) is 18.6 Å². The molecule has 2 aliphatic carbocycles. The van der Waals surface area contributed by atoms with E-state index in [1.165, 1.54) is 0 Å². The van der Waals surface area contributed by atoms with E-state index >= 15 is 0 Å². The van der Waals surface area contributed by atoms with E-state index in [1.807, 2.05) is 60.7 Å². The van der Waals surface area contributed by atoms with Crippen LogP contribution in [0.1, 0.15) is 62.7 Å². The molecule has 0 amide bonds. The molecule has 2 saturated carbocycles. The molecule has 5 nitrogen and oxygen atoms in total. The number of hydrogen-bond donors (Lipinski definition) is 2. The molecule has 0 saturated heterocycles. The zero-order valence-electron chi connectivity index (χ0n) is 18.3. The van der Waals surface area contributed by atoms with Crippen LogP contribution in [0.2, 0.25) is 0 Å². The average Bonchev–Trinajstić information content (AvgIpc) is 2.87. The second kappa shape index (κ2) is 8.15. The van der Waals surface area contributed by atoms with E-state index < -0.39 is 27.5 Å².